The van der Waals surface area contributed by atoms with Crippen LogP contribution >= 0.6 is 0 Å². The van der Waals surface area contributed by atoms with Crippen LogP contribution in [0.5, 0.6) is 0 Å². The maximum Gasteiger partial charge on any atom is 0.161 e. The van der Waals surface area contributed by atoms with Crippen LogP contribution in [0.25, 0.3) is 22.6 Å². The topological polar surface area (TPSA) is 69.6 Å². The first-order valence-corrected chi connectivity index (χ1v) is 6.14. The van der Waals surface area contributed by atoms with E-state index in [0.29, 0.717) is 6.54 Å². The highest BCUT2D eigenvalue weighted by atomic mass is 15.1. The average Bonchev–Trinajstić information content (AvgIpc) is 2.77. The molecule has 0 amide bonds. The van der Waals surface area contributed by atoms with E-state index in [9.17, 15) is 0 Å². The second-order valence-corrected chi connectivity index (χ2v) is 4.53. The number of nitrogens with two attached hydrogens (primary N) is 1. The molecule has 19 heavy (non-hydrogen) atoms. The summed E-state index contributed by atoms with van der Waals surface area (Å²) in [4.78, 5) is 13.3. The summed E-state index contributed by atoms with van der Waals surface area (Å²) < 4.78 is 2.02. The Labute approximate surface area is 111 Å². The number of aryl methyl sites for hydroxylation is 2. The van der Waals surface area contributed by atoms with E-state index in [1.54, 1.807) is 12.4 Å². The predicted octanol–water partition coefficient (Wildman–Crippen LogP) is 1.80. The number of hydrogen-bond donors (Lipinski definition) is 1. The SMILES string of the molecule is Cc1cnc(-c2nc3c(CN)cccc3n2C)cn1. The minimum Gasteiger partial charge on any atom is -0.326 e. The molecule has 96 valence electrons. The normalized spacial score (nSPS) is 11.1. The van der Waals surface area contributed by atoms with Crippen LogP contribution in [0.3, 0.4) is 0 Å². The molecule has 2 heterocycles. The van der Waals surface area contributed by atoms with Crippen molar-refractivity contribution in [2.75, 3.05) is 0 Å². The van der Waals surface area contributed by atoms with Crippen LogP contribution in [0, 0.1) is 6.92 Å². The molecular formula is C14H15N5. The lowest BCUT2D eigenvalue weighted by Gasteiger charge is -2.01. The first-order valence-electron chi connectivity index (χ1n) is 6.14. The molecule has 0 unspecified atom stereocenters. The molecule has 0 saturated heterocycles. The third-order valence-electron chi connectivity index (χ3n) is 3.23. The van der Waals surface area contributed by atoms with Gasteiger partial charge < -0.3 is 10.3 Å². The predicted molar refractivity (Wildman–Crippen MR) is 74.4 cm³/mol. The fourth-order valence-electron chi connectivity index (χ4n) is 2.17. The summed E-state index contributed by atoms with van der Waals surface area (Å²) in [5.74, 6) is 0.809. The van der Waals surface area contributed by atoms with Crippen LogP contribution in [0.1, 0.15) is 11.3 Å². The van der Waals surface area contributed by atoms with Gasteiger partial charge in [0, 0.05) is 19.8 Å². The number of aromatic nitrogens is 4. The number of imidazole rings is 1. The number of para-hydroxylation sites is 1. The maximum absolute atomic E-state index is 5.76. The van der Waals surface area contributed by atoms with Gasteiger partial charge in [-0.15, -0.1) is 0 Å². The average molecular weight is 253 g/mol. The van der Waals surface area contributed by atoms with E-state index in [0.717, 1.165) is 33.8 Å². The first kappa shape index (κ1) is 11.8. The highest BCUT2D eigenvalue weighted by Gasteiger charge is 2.13. The van der Waals surface area contributed by atoms with Gasteiger partial charge in [-0.1, -0.05) is 12.1 Å². The fraction of sp³-hybridized carbons (Fsp3) is 0.214. The molecule has 0 radical (unpaired) electrons. The third kappa shape index (κ3) is 1.88. The molecule has 0 atom stereocenters. The highest BCUT2D eigenvalue weighted by molar-refractivity contribution is 5.82. The lowest BCUT2D eigenvalue weighted by atomic mass is 10.2. The molecule has 2 aromatic heterocycles. The molecule has 1 aromatic carbocycles. The number of hydrogen-bond acceptors (Lipinski definition) is 4. The van der Waals surface area contributed by atoms with Crippen LogP contribution in [0.4, 0.5) is 0 Å². The molecule has 5 nitrogen and oxygen atoms in total. The van der Waals surface area contributed by atoms with Crippen LogP contribution in [-0.4, -0.2) is 19.5 Å². The van der Waals surface area contributed by atoms with Crippen LogP contribution in [0.2, 0.25) is 0 Å². The molecular weight excluding hydrogens is 238 g/mol. The van der Waals surface area contributed by atoms with E-state index in [1.165, 1.54) is 0 Å². The van der Waals surface area contributed by atoms with Crippen molar-refractivity contribution in [1.29, 1.82) is 0 Å². The Balaban J connectivity index is 2.25. The number of nitrogens with zero attached hydrogens (tertiary/aromatic N) is 4. The van der Waals surface area contributed by atoms with E-state index in [2.05, 4.69) is 15.0 Å². The maximum atomic E-state index is 5.76. The second-order valence-electron chi connectivity index (χ2n) is 4.53. The quantitative estimate of drug-likeness (QED) is 0.756. The van der Waals surface area contributed by atoms with Gasteiger partial charge in [0.25, 0.3) is 0 Å². The molecule has 0 aliphatic heterocycles. The smallest absolute Gasteiger partial charge is 0.161 e. The van der Waals surface area contributed by atoms with Crippen LogP contribution in [0.15, 0.2) is 30.6 Å². The fourth-order valence-corrected chi connectivity index (χ4v) is 2.17. The summed E-state index contributed by atoms with van der Waals surface area (Å²) in [5.41, 5.74) is 10.5. The van der Waals surface area contributed by atoms with Crippen LogP contribution < -0.4 is 5.73 Å². The van der Waals surface area contributed by atoms with E-state index in [-0.39, 0.29) is 0 Å². The van der Waals surface area contributed by atoms with Crippen molar-refractivity contribution < 1.29 is 0 Å². The molecule has 0 saturated carbocycles. The van der Waals surface area contributed by atoms with Gasteiger partial charge in [0.15, 0.2) is 5.82 Å². The zero-order chi connectivity index (χ0) is 13.4. The Morgan fingerprint density at radius 1 is 1.21 bits per heavy atom. The van der Waals surface area contributed by atoms with Gasteiger partial charge in [0.2, 0.25) is 0 Å². The van der Waals surface area contributed by atoms with Gasteiger partial charge in [0.1, 0.15) is 5.69 Å². The summed E-state index contributed by atoms with van der Waals surface area (Å²) in [5, 5.41) is 0. The van der Waals surface area contributed by atoms with Gasteiger partial charge in [-0.3, -0.25) is 4.98 Å². The van der Waals surface area contributed by atoms with E-state index < -0.39 is 0 Å². The van der Waals surface area contributed by atoms with Gasteiger partial charge in [0.05, 0.1) is 22.9 Å². The van der Waals surface area contributed by atoms with Gasteiger partial charge in [-0.25, -0.2) is 9.97 Å². The van der Waals surface area contributed by atoms with Crippen molar-refractivity contribution in [2.45, 2.75) is 13.5 Å². The van der Waals surface area contributed by atoms with Crippen molar-refractivity contribution in [3.8, 4) is 11.5 Å². The van der Waals surface area contributed by atoms with E-state index in [1.807, 2.05) is 36.7 Å². The zero-order valence-electron chi connectivity index (χ0n) is 11.0. The molecule has 0 aliphatic rings. The minimum absolute atomic E-state index is 0.480. The Morgan fingerprint density at radius 3 is 2.74 bits per heavy atom. The Kier molecular flexibility index (Phi) is 2.76. The standard InChI is InChI=1S/C14H15N5/c1-9-7-17-11(8-16-9)14-18-13-10(6-15)4-3-5-12(13)19(14)2/h3-5,7-8H,6,15H2,1-2H3. The van der Waals surface area contributed by atoms with Gasteiger partial charge in [-0.2, -0.15) is 0 Å². The Hall–Kier alpha value is -2.27. The van der Waals surface area contributed by atoms with Crippen molar-refractivity contribution in [1.82, 2.24) is 19.5 Å². The first-order chi connectivity index (χ1) is 9.20. The lowest BCUT2D eigenvalue weighted by Crippen LogP contribution is -1.97. The Morgan fingerprint density at radius 2 is 2.05 bits per heavy atom. The molecule has 5 heteroatoms. The number of rotatable bonds is 2. The summed E-state index contributed by atoms with van der Waals surface area (Å²) in [7, 11) is 1.98. The third-order valence-corrected chi connectivity index (χ3v) is 3.23. The molecule has 0 fully saturated rings. The molecule has 0 aliphatic carbocycles. The van der Waals surface area contributed by atoms with Crippen molar-refractivity contribution in [2.24, 2.45) is 12.8 Å². The molecule has 0 bridgehead atoms. The minimum atomic E-state index is 0.480. The number of fused-ring (bicyclic) bond motifs is 1. The molecule has 2 N–H and O–H groups in total. The summed E-state index contributed by atoms with van der Waals surface area (Å²) in [6.07, 6.45) is 3.50. The van der Waals surface area contributed by atoms with E-state index >= 15 is 0 Å². The monoisotopic (exact) mass is 253 g/mol. The van der Waals surface area contributed by atoms with Crippen LogP contribution in [-0.2, 0) is 13.6 Å². The molecule has 3 rings (SSSR count). The van der Waals surface area contributed by atoms with Crippen molar-refractivity contribution >= 4 is 11.0 Å². The van der Waals surface area contributed by atoms with Crippen molar-refractivity contribution in [3.63, 3.8) is 0 Å². The number of benzene rings is 1. The Bertz CT molecular complexity index is 727. The zero-order valence-corrected chi connectivity index (χ0v) is 11.0. The molecule has 3 aromatic rings. The molecule has 0 spiro atoms. The summed E-state index contributed by atoms with van der Waals surface area (Å²) in [6.45, 7) is 2.39. The second kappa shape index (κ2) is 4.44. The largest absolute Gasteiger partial charge is 0.326 e. The lowest BCUT2D eigenvalue weighted by molar-refractivity contribution is 0.943. The highest BCUT2D eigenvalue weighted by Crippen LogP contribution is 2.24. The van der Waals surface area contributed by atoms with Crippen molar-refractivity contribution in [3.05, 3.63) is 41.9 Å². The van der Waals surface area contributed by atoms with Gasteiger partial charge >= 0.3 is 0 Å². The summed E-state index contributed by atoms with van der Waals surface area (Å²) >= 11 is 0. The summed E-state index contributed by atoms with van der Waals surface area (Å²) in [6, 6.07) is 6.03. The van der Waals surface area contributed by atoms with E-state index in [4.69, 9.17) is 5.73 Å². The van der Waals surface area contributed by atoms with Gasteiger partial charge in [-0.05, 0) is 18.6 Å².